The van der Waals surface area contributed by atoms with Crippen molar-refractivity contribution in [1.82, 2.24) is 0 Å². The van der Waals surface area contributed by atoms with E-state index in [2.05, 4.69) is 6.92 Å². The van der Waals surface area contributed by atoms with Crippen LogP contribution in [-0.4, -0.2) is 0 Å². The van der Waals surface area contributed by atoms with Gasteiger partial charge in [0.05, 0.1) is 0 Å². The van der Waals surface area contributed by atoms with E-state index in [0.717, 1.165) is 17.8 Å². The molecule has 0 N–H and O–H groups in total. The minimum absolute atomic E-state index is 1.00. The quantitative estimate of drug-likeness (QED) is 0.553. The second-order valence-corrected chi connectivity index (χ2v) is 6.93. The van der Waals surface area contributed by atoms with Gasteiger partial charge in [-0.05, 0) is 24.2 Å². The lowest BCUT2D eigenvalue weighted by Crippen LogP contribution is -2.12. The summed E-state index contributed by atoms with van der Waals surface area (Å²) in [5.41, 5.74) is 0. The van der Waals surface area contributed by atoms with Gasteiger partial charge in [0, 0.05) is 0 Å². The third-order valence-corrected chi connectivity index (χ3v) is 5.25. The van der Waals surface area contributed by atoms with Crippen molar-refractivity contribution in [2.45, 2.75) is 90.4 Å². The van der Waals surface area contributed by atoms with E-state index in [0.29, 0.717) is 0 Å². The van der Waals surface area contributed by atoms with Gasteiger partial charge < -0.3 is 0 Å². The summed E-state index contributed by atoms with van der Waals surface area (Å²) in [4.78, 5) is 0. The van der Waals surface area contributed by atoms with Crippen molar-refractivity contribution in [3.63, 3.8) is 0 Å². The molecule has 2 fully saturated rings. The van der Waals surface area contributed by atoms with Gasteiger partial charge in [0.1, 0.15) is 0 Å². The van der Waals surface area contributed by atoms with Crippen molar-refractivity contribution in [2.75, 3.05) is 0 Å². The molecule has 0 radical (unpaired) electrons. The summed E-state index contributed by atoms with van der Waals surface area (Å²) < 4.78 is 0. The van der Waals surface area contributed by atoms with Crippen LogP contribution in [0.3, 0.4) is 0 Å². The average Bonchev–Trinajstić information content (AvgIpc) is 2.39. The van der Waals surface area contributed by atoms with Gasteiger partial charge in [-0.3, -0.25) is 0 Å². The minimum Gasteiger partial charge on any atom is -0.0625 e. The van der Waals surface area contributed by atoms with E-state index >= 15 is 0 Å². The SMILES string of the molecule is CC(CCC1CCCCC1)CC1CCCCC1. The fourth-order valence-electron chi connectivity index (χ4n) is 4.11. The Kier molecular flexibility index (Phi) is 5.88. The predicted molar refractivity (Wildman–Crippen MR) is 76.2 cm³/mol. The molecule has 0 saturated heterocycles. The van der Waals surface area contributed by atoms with Crippen LogP contribution in [0.1, 0.15) is 90.4 Å². The largest absolute Gasteiger partial charge is 0.0625 e. The first-order valence-corrected chi connectivity index (χ1v) is 8.34. The van der Waals surface area contributed by atoms with Crippen molar-refractivity contribution in [3.05, 3.63) is 0 Å². The molecule has 0 heteroatoms. The van der Waals surface area contributed by atoms with E-state index in [1.54, 1.807) is 0 Å². The number of hydrogen-bond donors (Lipinski definition) is 0. The second-order valence-electron chi connectivity index (χ2n) is 6.93. The normalized spacial score (nSPS) is 25.9. The van der Waals surface area contributed by atoms with E-state index in [1.165, 1.54) is 83.5 Å². The van der Waals surface area contributed by atoms with Gasteiger partial charge in [-0.25, -0.2) is 0 Å². The minimum atomic E-state index is 1.00. The highest BCUT2D eigenvalue weighted by Crippen LogP contribution is 2.33. The lowest BCUT2D eigenvalue weighted by Gasteiger charge is -2.26. The molecular formula is C17H32. The average molecular weight is 236 g/mol. The Bertz CT molecular complexity index is 184. The molecule has 0 aromatic heterocycles. The smallest absolute Gasteiger partial charge is 0.0412 e. The molecule has 2 aliphatic carbocycles. The summed E-state index contributed by atoms with van der Waals surface area (Å²) in [5, 5.41) is 0. The first-order chi connectivity index (χ1) is 8.34. The summed E-state index contributed by atoms with van der Waals surface area (Å²) in [7, 11) is 0. The van der Waals surface area contributed by atoms with Crippen molar-refractivity contribution in [1.29, 1.82) is 0 Å². The molecule has 2 aliphatic rings. The summed E-state index contributed by atoms with van der Waals surface area (Å²) in [6, 6.07) is 0. The second kappa shape index (κ2) is 7.44. The zero-order chi connectivity index (χ0) is 11.9. The molecule has 17 heavy (non-hydrogen) atoms. The summed E-state index contributed by atoms with van der Waals surface area (Å²) in [6.07, 6.45) is 19.8. The standard InChI is InChI=1S/C17H32/c1-15(14-17-10-6-3-7-11-17)12-13-16-8-4-2-5-9-16/h15-17H,2-14H2,1H3. The molecule has 0 spiro atoms. The monoisotopic (exact) mass is 236 g/mol. The van der Waals surface area contributed by atoms with Gasteiger partial charge in [0.25, 0.3) is 0 Å². The fraction of sp³-hybridized carbons (Fsp3) is 1.00. The molecule has 2 saturated carbocycles. The first-order valence-electron chi connectivity index (χ1n) is 8.34. The van der Waals surface area contributed by atoms with Gasteiger partial charge in [-0.15, -0.1) is 0 Å². The highest BCUT2D eigenvalue weighted by Gasteiger charge is 2.18. The zero-order valence-electron chi connectivity index (χ0n) is 11.9. The third kappa shape index (κ3) is 5.02. The van der Waals surface area contributed by atoms with Crippen molar-refractivity contribution < 1.29 is 0 Å². The summed E-state index contributed by atoms with van der Waals surface area (Å²) >= 11 is 0. The van der Waals surface area contributed by atoms with Gasteiger partial charge >= 0.3 is 0 Å². The molecular weight excluding hydrogens is 204 g/mol. The fourth-order valence-corrected chi connectivity index (χ4v) is 4.11. The Morgan fingerprint density at radius 2 is 1.29 bits per heavy atom. The summed E-state index contributed by atoms with van der Waals surface area (Å²) in [5.74, 6) is 3.18. The third-order valence-electron chi connectivity index (χ3n) is 5.25. The molecule has 0 bridgehead atoms. The number of hydrogen-bond acceptors (Lipinski definition) is 0. The molecule has 1 unspecified atom stereocenters. The summed E-state index contributed by atoms with van der Waals surface area (Å²) in [6.45, 7) is 2.51. The van der Waals surface area contributed by atoms with Crippen LogP contribution < -0.4 is 0 Å². The van der Waals surface area contributed by atoms with Gasteiger partial charge in [-0.1, -0.05) is 84.0 Å². The highest BCUT2D eigenvalue weighted by atomic mass is 14.2. The molecule has 1 atom stereocenters. The van der Waals surface area contributed by atoms with Crippen molar-refractivity contribution in [3.8, 4) is 0 Å². The van der Waals surface area contributed by atoms with Crippen LogP contribution in [0.4, 0.5) is 0 Å². The van der Waals surface area contributed by atoms with E-state index < -0.39 is 0 Å². The van der Waals surface area contributed by atoms with Crippen LogP contribution in [0.5, 0.6) is 0 Å². The van der Waals surface area contributed by atoms with Crippen LogP contribution in [0.2, 0.25) is 0 Å². The Labute approximate surface area is 109 Å². The number of rotatable bonds is 5. The van der Waals surface area contributed by atoms with Gasteiger partial charge in [0.2, 0.25) is 0 Å². The van der Waals surface area contributed by atoms with E-state index in [-0.39, 0.29) is 0 Å². The highest BCUT2D eigenvalue weighted by molar-refractivity contribution is 4.71. The van der Waals surface area contributed by atoms with Crippen LogP contribution >= 0.6 is 0 Å². The van der Waals surface area contributed by atoms with E-state index in [1.807, 2.05) is 0 Å². The molecule has 0 amide bonds. The molecule has 0 aromatic rings. The Balaban J connectivity index is 1.57. The van der Waals surface area contributed by atoms with Crippen LogP contribution in [0.25, 0.3) is 0 Å². The molecule has 0 nitrogen and oxygen atoms in total. The van der Waals surface area contributed by atoms with E-state index in [4.69, 9.17) is 0 Å². The van der Waals surface area contributed by atoms with Crippen LogP contribution in [-0.2, 0) is 0 Å². The zero-order valence-corrected chi connectivity index (χ0v) is 11.9. The molecule has 2 rings (SSSR count). The predicted octanol–water partition coefficient (Wildman–Crippen LogP) is 5.95. The van der Waals surface area contributed by atoms with Crippen LogP contribution in [0.15, 0.2) is 0 Å². The van der Waals surface area contributed by atoms with E-state index in [9.17, 15) is 0 Å². The topological polar surface area (TPSA) is 0 Å². The maximum Gasteiger partial charge on any atom is -0.0412 e. The molecule has 0 heterocycles. The molecule has 100 valence electrons. The first kappa shape index (κ1) is 13.4. The lowest BCUT2D eigenvalue weighted by atomic mass is 9.79. The van der Waals surface area contributed by atoms with Crippen LogP contribution in [0, 0.1) is 17.8 Å². The van der Waals surface area contributed by atoms with Gasteiger partial charge in [0.15, 0.2) is 0 Å². The maximum absolute atomic E-state index is 2.51. The Morgan fingerprint density at radius 3 is 1.88 bits per heavy atom. The van der Waals surface area contributed by atoms with Crippen molar-refractivity contribution in [2.24, 2.45) is 17.8 Å². The van der Waals surface area contributed by atoms with Crippen molar-refractivity contribution >= 4 is 0 Å². The molecule has 0 aromatic carbocycles. The Morgan fingerprint density at radius 1 is 0.765 bits per heavy atom. The molecule has 0 aliphatic heterocycles. The maximum atomic E-state index is 2.51. The lowest BCUT2D eigenvalue weighted by molar-refractivity contribution is 0.262. The Hall–Kier alpha value is 0. The van der Waals surface area contributed by atoms with Gasteiger partial charge in [-0.2, -0.15) is 0 Å².